The molecule has 0 spiro atoms. The Labute approximate surface area is 101 Å². The minimum absolute atomic E-state index is 0.172. The van der Waals surface area contributed by atoms with E-state index in [2.05, 4.69) is 19.2 Å². The standard InChI is InChI=1S/C14H30N2/c1-13(2)7-3-6-11-16-12-10-14(15)8-4-5-9-14/h13,16H,3-12,15H2,1-2H3. The molecule has 96 valence electrons. The highest BCUT2D eigenvalue weighted by Crippen LogP contribution is 2.29. The average molecular weight is 226 g/mol. The van der Waals surface area contributed by atoms with Crippen LogP contribution in [0, 0.1) is 5.92 Å². The maximum atomic E-state index is 6.30. The van der Waals surface area contributed by atoms with E-state index in [1.165, 1.54) is 51.5 Å². The van der Waals surface area contributed by atoms with E-state index in [9.17, 15) is 0 Å². The van der Waals surface area contributed by atoms with Gasteiger partial charge in [0.1, 0.15) is 0 Å². The highest BCUT2D eigenvalue weighted by Gasteiger charge is 2.28. The summed E-state index contributed by atoms with van der Waals surface area (Å²) < 4.78 is 0. The second kappa shape index (κ2) is 7.29. The van der Waals surface area contributed by atoms with E-state index in [4.69, 9.17) is 5.73 Å². The number of hydrogen-bond acceptors (Lipinski definition) is 2. The molecule has 0 radical (unpaired) electrons. The van der Waals surface area contributed by atoms with Gasteiger partial charge in [0.25, 0.3) is 0 Å². The summed E-state index contributed by atoms with van der Waals surface area (Å²) in [6, 6.07) is 0. The topological polar surface area (TPSA) is 38.0 Å². The first-order valence-electron chi connectivity index (χ1n) is 7.12. The molecule has 1 aliphatic rings. The summed E-state index contributed by atoms with van der Waals surface area (Å²) in [5.41, 5.74) is 6.47. The van der Waals surface area contributed by atoms with Crippen LogP contribution >= 0.6 is 0 Å². The van der Waals surface area contributed by atoms with Crippen LogP contribution in [0.1, 0.15) is 65.2 Å². The van der Waals surface area contributed by atoms with E-state index < -0.39 is 0 Å². The van der Waals surface area contributed by atoms with Crippen molar-refractivity contribution in [3.05, 3.63) is 0 Å². The van der Waals surface area contributed by atoms with Crippen molar-refractivity contribution in [2.45, 2.75) is 70.8 Å². The van der Waals surface area contributed by atoms with Gasteiger partial charge in [0.2, 0.25) is 0 Å². The molecule has 1 aliphatic carbocycles. The van der Waals surface area contributed by atoms with E-state index in [1.807, 2.05) is 0 Å². The fourth-order valence-electron chi connectivity index (χ4n) is 2.59. The lowest BCUT2D eigenvalue weighted by Gasteiger charge is -2.23. The van der Waals surface area contributed by atoms with Crippen molar-refractivity contribution >= 4 is 0 Å². The van der Waals surface area contributed by atoms with Crippen molar-refractivity contribution in [1.82, 2.24) is 5.32 Å². The Bertz CT molecular complexity index is 172. The van der Waals surface area contributed by atoms with Crippen LogP contribution in [-0.4, -0.2) is 18.6 Å². The monoisotopic (exact) mass is 226 g/mol. The summed E-state index contributed by atoms with van der Waals surface area (Å²) >= 11 is 0. The molecular formula is C14H30N2. The van der Waals surface area contributed by atoms with Gasteiger partial charge in [0, 0.05) is 5.54 Å². The second-order valence-electron chi connectivity index (χ2n) is 5.96. The van der Waals surface area contributed by atoms with Gasteiger partial charge in [-0.2, -0.15) is 0 Å². The molecule has 2 heteroatoms. The molecule has 0 bridgehead atoms. The lowest BCUT2D eigenvalue weighted by molar-refractivity contribution is 0.391. The van der Waals surface area contributed by atoms with Crippen molar-refractivity contribution in [1.29, 1.82) is 0 Å². The molecule has 1 fully saturated rings. The summed E-state index contributed by atoms with van der Waals surface area (Å²) in [7, 11) is 0. The minimum Gasteiger partial charge on any atom is -0.325 e. The van der Waals surface area contributed by atoms with E-state index in [-0.39, 0.29) is 5.54 Å². The van der Waals surface area contributed by atoms with Gasteiger partial charge in [0.15, 0.2) is 0 Å². The maximum absolute atomic E-state index is 6.30. The summed E-state index contributed by atoms with van der Waals surface area (Å²) in [5, 5.41) is 3.53. The third-order valence-corrected chi connectivity index (χ3v) is 3.78. The van der Waals surface area contributed by atoms with Gasteiger partial charge in [-0.1, -0.05) is 39.5 Å². The van der Waals surface area contributed by atoms with Crippen LogP contribution < -0.4 is 11.1 Å². The van der Waals surface area contributed by atoms with Crippen LogP contribution in [0.2, 0.25) is 0 Å². The summed E-state index contributed by atoms with van der Waals surface area (Å²) in [4.78, 5) is 0. The normalized spacial score (nSPS) is 19.5. The van der Waals surface area contributed by atoms with E-state index in [1.54, 1.807) is 0 Å². The Kier molecular flexibility index (Phi) is 6.37. The van der Waals surface area contributed by atoms with E-state index >= 15 is 0 Å². The molecule has 0 unspecified atom stereocenters. The van der Waals surface area contributed by atoms with Crippen LogP contribution in [0.15, 0.2) is 0 Å². The molecule has 0 aromatic rings. The molecule has 2 nitrogen and oxygen atoms in total. The zero-order valence-corrected chi connectivity index (χ0v) is 11.2. The highest BCUT2D eigenvalue weighted by molar-refractivity contribution is 4.89. The van der Waals surface area contributed by atoms with Crippen molar-refractivity contribution in [2.24, 2.45) is 11.7 Å². The summed E-state index contributed by atoms with van der Waals surface area (Å²) in [5.74, 6) is 0.853. The van der Waals surface area contributed by atoms with Gasteiger partial charge in [-0.05, 0) is 44.7 Å². The Morgan fingerprint density at radius 2 is 1.81 bits per heavy atom. The van der Waals surface area contributed by atoms with Crippen LogP contribution in [0.5, 0.6) is 0 Å². The summed E-state index contributed by atoms with van der Waals surface area (Å²) in [6.45, 7) is 6.87. The van der Waals surface area contributed by atoms with Crippen molar-refractivity contribution in [3.63, 3.8) is 0 Å². The zero-order valence-electron chi connectivity index (χ0n) is 11.2. The number of nitrogens with one attached hydrogen (secondary N) is 1. The fraction of sp³-hybridized carbons (Fsp3) is 1.00. The molecule has 0 heterocycles. The summed E-state index contributed by atoms with van der Waals surface area (Å²) in [6.07, 6.45) is 10.4. The predicted octanol–water partition coefficient (Wildman–Crippen LogP) is 3.06. The minimum atomic E-state index is 0.172. The molecule has 0 aliphatic heterocycles. The molecule has 0 saturated heterocycles. The SMILES string of the molecule is CC(C)CCCCNCCC1(N)CCCC1. The number of rotatable bonds is 8. The molecule has 1 saturated carbocycles. The smallest absolute Gasteiger partial charge is 0.0166 e. The third kappa shape index (κ3) is 5.86. The average Bonchev–Trinajstić information content (AvgIpc) is 2.64. The molecular weight excluding hydrogens is 196 g/mol. The molecule has 0 atom stereocenters. The Morgan fingerprint density at radius 3 is 2.44 bits per heavy atom. The Hall–Kier alpha value is -0.0800. The van der Waals surface area contributed by atoms with Crippen molar-refractivity contribution < 1.29 is 0 Å². The van der Waals surface area contributed by atoms with Crippen molar-refractivity contribution in [2.75, 3.05) is 13.1 Å². The maximum Gasteiger partial charge on any atom is 0.0166 e. The molecule has 16 heavy (non-hydrogen) atoms. The molecule has 0 aromatic heterocycles. The van der Waals surface area contributed by atoms with E-state index in [0.717, 1.165) is 18.9 Å². The van der Waals surface area contributed by atoms with Gasteiger partial charge < -0.3 is 11.1 Å². The van der Waals surface area contributed by atoms with Crippen molar-refractivity contribution in [3.8, 4) is 0 Å². The predicted molar refractivity (Wildman–Crippen MR) is 71.6 cm³/mol. The largest absolute Gasteiger partial charge is 0.325 e. The lowest BCUT2D eigenvalue weighted by Crippen LogP contribution is -2.39. The molecule has 0 amide bonds. The first-order valence-corrected chi connectivity index (χ1v) is 7.12. The van der Waals surface area contributed by atoms with Crippen LogP contribution in [0.3, 0.4) is 0 Å². The fourth-order valence-corrected chi connectivity index (χ4v) is 2.59. The quantitative estimate of drug-likeness (QED) is 0.624. The van der Waals surface area contributed by atoms with Gasteiger partial charge in [-0.3, -0.25) is 0 Å². The Morgan fingerprint density at radius 1 is 1.12 bits per heavy atom. The second-order valence-corrected chi connectivity index (χ2v) is 5.96. The number of hydrogen-bond donors (Lipinski definition) is 2. The number of nitrogens with two attached hydrogens (primary N) is 1. The third-order valence-electron chi connectivity index (χ3n) is 3.78. The zero-order chi connectivity index (χ0) is 11.9. The van der Waals surface area contributed by atoms with Gasteiger partial charge in [0.05, 0.1) is 0 Å². The lowest BCUT2D eigenvalue weighted by atomic mass is 9.95. The van der Waals surface area contributed by atoms with Gasteiger partial charge in [-0.25, -0.2) is 0 Å². The van der Waals surface area contributed by atoms with Crippen LogP contribution in [-0.2, 0) is 0 Å². The first-order chi connectivity index (χ1) is 7.62. The van der Waals surface area contributed by atoms with Crippen LogP contribution in [0.4, 0.5) is 0 Å². The molecule has 3 N–H and O–H groups in total. The molecule has 0 aromatic carbocycles. The van der Waals surface area contributed by atoms with Gasteiger partial charge in [-0.15, -0.1) is 0 Å². The highest BCUT2D eigenvalue weighted by atomic mass is 14.9. The Balaban J connectivity index is 1.88. The number of unbranched alkanes of at least 4 members (excludes halogenated alkanes) is 1. The van der Waals surface area contributed by atoms with E-state index in [0.29, 0.717) is 0 Å². The van der Waals surface area contributed by atoms with Gasteiger partial charge >= 0.3 is 0 Å². The van der Waals surface area contributed by atoms with Crippen LogP contribution in [0.25, 0.3) is 0 Å². The molecule has 1 rings (SSSR count). The first kappa shape index (κ1) is 14.0.